The van der Waals surface area contributed by atoms with Crippen molar-refractivity contribution in [2.75, 3.05) is 18.6 Å². The lowest BCUT2D eigenvalue weighted by atomic mass is 9.95. The zero-order chi connectivity index (χ0) is 25.2. The quantitative estimate of drug-likeness (QED) is 0.198. The molecule has 182 valence electrons. The molecule has 1 saturated heterocycles. The Bertz CT molecular complexity index is 1460. The van der Waals surface area contributed by atoms with E-state index in [4.69, 9.17) is 9.47 Å². The van der Waals surface area contributed by atoms with Crippen molar-refractivity contribution in [2.45, 2.75) is 19.4 Å². The summed E-state index contributed by atoms with van der Waals surface area (Å²) in [6.45, 7) is 2.61. The molecule has 4 aromatic rings. The summed E-state index contributed by atoms with van der Waals surface area (Å²) < 4.78 is 11.8. The Labute approximate surface area is 212 Å². The number of fused-ring (bicyclic) bond motifs is 1. The number of aliphatic hydroxyl groups excluding tert-OH is 1. The number of aliphatic hydroxyl groups is 1. The Kier molecular flexibility index (Phi) is 6.43. The van der Waals surface area contributed by atoms with Crippen LogP contribution in [0.25, 0.3) is 16.0 Å². The first-order valence-electron chi connectivity index (χ1n) is 11.6. The number of Topliss-reactive ketones (excluding diaryl/α,β-unsaturated/α-hetero) is 1. The van der Waals surface area contributed by atoms with Crippen LogP contribution in [0.3, 0.4) is 0 Å². The highest BCUT2D eigenvalue weighted by atomic mass is 32.1. The molecule has 0 bridgehead atoms. The Morgan fingerprint density at radius 2 is 1.75 bits per heavy atom. The number of carbonyl (C=O) groups is 2. The molecule has 5 rings (SSSR count). The second kappa shape index (κ2) is 9.83. The molecule has 0 saturated carbocycles. The maximum absolute atomic E-state index is 13.4. The molecule has 3 aromatic carbocycles. The van der Waals surface area contributed by atoms with E-state index in [1.54, 1.807) is 49.6 Å². The lowest BCUT2D eigenvalue weighted by Crippen LogP contribution is -2.29. The molecule has 1 aliphatic heterocycles. The van der Waals surface area contributed by atoms with Gasteiger partial charge >= 0.3 is 5.91 Å². The molecule has 1 aromatic heterocycles. The number of nitrogens with zero attached hydrogens (tertiary/aromatic N) is 2. The first-order valence-corrected chi connectivity index (χ1v) is 12.4. The van der Waals surface area contributed by atoms with Gasteiger partial charge in [-0.25, -0.2) is 4.98 Å². The van der Waals surface area contributed by atoms with E-state index < -0.39 is 17.7 Å². The summed E-state index contributed by atoms with van der Waals surface area (Å²) in [5.74, 6) is -0.370. The van der Waals surface area contributed by atoms with Gasteiger partial charge in [0.1, 0.15) is 17.3 Å². The van der Waals surface area contributed by atoms with E-state index in [9.17, 15) is 14.7 Å². The minimum atomic E-state index is -0.854. The Morgan fingerprint density at radius 1 is 1.03 bits per heavy atom. The van der Waals surface area contributed by atoms with Gasteiger partial charge in [-0.2, -0.15) is 0 Å². The highest BCUT2D eigenvalue weighted by Gasteiger charge is 2.48. The minimum Gasteiger partial charge on any atom is -0.507 e. The Balaban J connectivity index is 1.66. The van der Waals surface area contributed by atoms with Gasteiger partial charge in [0.25, 0.3) is 5.78 Å². The number of aromatic nitrogens is 1. The van der Waals surface area contributed by atoms with Gasteiger partial charge in [0.15, 0.2) is 5.13 Å². The molecule has 0 aliphatic carbocycles. The molecule has 0 radical (unpaired) electrons. The Morgan fingerprint density at radius 3 is 2.44 bits per heavy atom. The normalized spacial score (nSPS) is 17.1. The fourth-order valence-corrected chi connectivity index (χ4v) is 5.21. The van der Waals surface area contributed by atoms with Gasteiger partial charge in [-0.15, -0.1) is 0 Å². The van der Waals surface area contributed by atoms with Crippen LogP contribution in [-0.2, 0) is 9.59 Å². The van der Waals surface area contributed by atoms with Crippen molar-refractivity contribution in [1.82, 2.24) is 4.98 Å². The van der Waals surface area contributed by atoms with Crippen LogP contribution in [0.5, 0.6) is 11.5 Å². The van der Waals surface area contributed by atoms with Gasteiger partial charge in [0, 0.05) is 5.56 Å². The summed E-state index contributed by atoms with van der Waals surface area (Å²) in [6, 6.07) is 20.6. The van der Waals surface area contributed by atoms with Crippen molar-refractivity contribution < 1.29 is 24.2 Å². The zero-order valence-electron chi connectivity index (χ0n) is 19.8. The number of carbonyl (C=O) groups excluding carboxylic acids is 2. The van der Waals surface area contributed by atoms with Crippen molar-refractivity contribution in [3.8, 4) is 11.5 Å². The number of thiazole rings is 1. The molecular weight excluding hydrogens is 476 g/mol. The van der Waals surface area contributed by atoms with Crippen LogP contribution in [-0.4, -0.2) is 35.5 Å². The van der Waals surface area contributed by atoms with E-state index in [0.717, 1.165) is 11.1 Å². The summed E-state index contributed by atoms with van der Waals surface area (Å²) in [5.41, 5.74) is 1.82. The molecule has 1 fully saturated rings. The van der Waals surface area contributed by atoms with Crippen LogP contribution >= 0.6 is 11.3 Å². The summed E-state index contributed by atoms with van der Waals surface area (Å²) in [6.07, 6.45) is 0.876. The van der Waals surface area contributed by atoms with Crippen molar-refractivity contribution in [3.63, 3.8) is 0 Å². The predicted molar refractivity (Wildman–Crippen MR) is 140 cm³/mol. The number of amides is 1. The van der Waals surface area contributed by atoms with Crippen LogP contribution in [0, 0.1) is 0 Å². The van der Waals surface area contributed by atoms with Gasteiger partial charge in [0.2, 0.25) is 0 Å². The van der Waals surface area contributed by atoms with E-state index >= 15 is 0 Å². The smallest absolute Gasteiger partial charge is 0.301 e. The van der Waals surface area contributed by atoms with Crippen molar-refractivity contribution >= 4 is 44.1 Å². The van der Waals surface area contributed by atoms with Gasteiger partial charge in [-0.1, -0.05) is 60.7 Å². The lowest BCUT2D eigenvalue weighted by Gasteiger charge is -2.23. The molecule has 8 heteroatoms. The fourth-order valence-electron chi connectivity index (χ4n) is 4.19. The van der Waals surface area contributed by atoms with E-state index in [1.165, 1.54) is 16.2 Å². The number of ether oxygens (including phenoxy) is 2. The highest BCUT2D eigenvalue weighted by molar-refractivity contribution is 7.22. The van der Waals surface area contributed by atoms with Gasteiger partial charge in [0.05, 0.1) is 35.5 Å². The molecule has 1 aliphatic rings. The molecule has 1 amide bonds. The predicted octanol–water partition coefficient (Wildman–Crippen LogP) is 5.72. The van der Waals surface area contributed by atoms with Crippen LogP contribution in [0.2, 0.25) is 0 Å². The standard InChI is InChI=1S/C28H24N2O5S/c1-3-15-35-19-11-9-17(10-12-19)24-23(25(31)18-7-5-4-6-8-18)26(32)27(33)30(24)28-29-21-14-13-20(34-2)16-22(21)36-28/h4-14,16,24,31H,3,15H2,1-2H3/b25-23+. The minimum absolute atomic E-state index is 0.0188. The van der Waals surface area contributed by atoms with Crippen LogP contribution in [0.15, 0.2) is 78.4 Å². The highest BCUT2D eigenvalue weighted by Crippen LogP contribution is 2.44. The summed E-state index contributed by atoms with van der Waals surface area (Å²) >= 11 is 1.28. The third kappa shape index (κ3) is 4.20. The second-order valence-corrected chi connectivity index (χ2v) is 9.29. The first kappa shape index (κ1) is 23.6. The SMILES string of the molecule is CCCOc1ccc(C2/C(=C(\O)c3ccccc3)C(=O)C(=O)N2c2nc3ccc(OC)cc3s2)cc1. The van der Waals surface area contributed by atoms with E-state index in [-0.39, 0.29) is 11.3 Å². The second-order valence-electron chi connectivity index (χ2n) is 8.28. The average Bonchev–Trinajstić information content (AvgIpc) is 3.45. The monoisotopic (exact) mass is 500 g/mol. The number of methoxy groups -OCH3 is 1. The number of hydrogen-bond acceptors (Lipinski definition) is 7. The third-order valence-corrected chi connectivity index (χ3v) is 6.97. The first-order chi connectivity index (χ1) is 17.5. The van der Waals surface area contributed by atoms with Gasteiger partial charge < -0.3 is 14.6 Å². The molecule has 1 atom stereocenters. The van der Waals surface area contributed by atoms with Crippen molar-refractivity contribution in [3.05, 3.63) is 89.5 Å². The van der Waals surface area contributed by atoms with Crippen molar-refractivity contribution in [1.29, 1.82) is 0 Å². The van der Waals surface area contributed by atoms with Crippen molar-refractivity contribution in [2.24, 2.45) is 0 Å². The topological polar surface area (TPSA) is 89.0 Å². The van der Waals surface area contributed by atoms with E-state index in [2.05, 4.69) is 4.98 Å². The maximum Gasteiger partial charge on any atom is 0.301 e. The Hall–Kier alpha value is -4.17. The number of hydrogen-bond donors (Lipinski definition) is 1. The number of anilines is 1. The molecular formula is C28H24N2O5S. The van der Waals surface area contributed by atoms with Gasteiger partial charge in [-0.3, -0.25) is 14.5 Å². The van der Waals surface area contributed by atoms with E-state index in [1.807, 2.05) is 37.3 Å². The third-order valence-electron chi connectivity index (χ3n) is 5.95. The molecule has 36 heavy (non-hydrogen) atoms. The zero-order valence-corrected chi connectivity index (χ0v) is 20.6. The molecule has 1 N–H and O–H groups in total. The average molecular weight is 501 g/mol. The molecule has 2 heterocycles. The fraction of sp³-hybridized carbons (Fsp3) is 0.179. The lowest BCUT2D eigenvalue weighted by molar-refractivity contribution is -0.132. The number of benzene rings is 3. The number of rotatable bonds is 7. The maximum atomic E-state index is 13.4. The largest absolute Gasteiger partial charge is 0.507 e. The van der Waals surface area contributed by atoms with Crippen LogP contribution in [0.4, 0.5) is 5.13 Å². The molecule has 7 nitrogen and oxygen atoms in total. The number of ketones is 1. The molecule has 1 unspecified atom stereocenters. The summed E-state index contributed by atoms with van der Waals surface area (Å²) in [7, 11) is 1.58. The van der Waals surface area contributed by atoms with Gasteiger partial charge in [-0.05, 0) is 42.3 Å². The van der Waals surface area contributed by atoms with Crippen LogP contribution in [0.1, 0.15) is 30.5 Å². The summed E-state index contributed by atoms with van der Waals surface area (Å²) in [4.78, 5) is 32.7. The van der Waals surface area contributed by atoms with E-state index in [0.29, 0.717) is 39.9 Å². The summed E-state index contributed by atoms with van der Waals surface area (Å²) in [5, 5.41) is 11.6. The molecule has 0 spiro atoms. The van der Waals surface area contributed by atoms with Crippen LogP contribution < -0.4 is 14.4 Å².